The average molecular weight is 340 g/mol. The van der Waals surface area contributed by atoms with Gasteiger partial charge in [-0.1, -0.05) is 60.7 Å². The van der Waals surface area contributed by atoms with Crippen LogP contribution in [0.1, 0.15) is 25.0 Å². The molecule has 0 heterocycles. The van der Waals surface area contributed by atoms with E-state index in [1.165, 1.54) is 0 Å². The fourth-order valence-corrected chi connectivity index (χ4v) is 2.37. The third-order valence-corrected chi connectivity index (χ3v) is 3.86. The summed E-state index contributed by atoms with van der Waals surface area (Å²) in [4.78, 5) is 24.5. The van der Waals surface area contributed by atoms with E-state index in [-0.39, 0.29) is 12.5 Å². The Hall–Kier alpha value is -2.66. The smallest absolute Gasteiger partial charge is 0.328 e. The van der Waals surface area contributed by atoms with Gasteiger partial charge in [-0.05, 0) is 31.4 Å². The SMILES string of the molecule is C[C@H](NC(=O)[C@](C)(N)Cc1ccccc1)C(=O)OCc1ccccc1. The molecule has 132 valence electrons. The molecule has 0 bridgehead atoms. The van der Waals surface area contributed by atoms with Gasteiger partial charge in [-0.2, -0.15) is 0 Å². The number of amides is 1. The summed E-state index contributed by atoms with van der Waals surface area (Å²) in [6, 6.07) is 18.1. The summed E-state index contributed by atoms with van der Waals surface area (Å²) in [6.07, 6.45) is 0.380. The molecule has 5 heteroatoms. The molecule has 1 amide bonds. The van der Waals surface area contributed by atoms with E-state index in [9.17, 15) is 9.59 Å². The maximum atomic E-state index is 12.4. The topological polar surface area (TPSA) is 81.4 Å². The van der Waals surface area contributed by atoms with E-state index in [0.717, 1.165) is 11.1 Å². The minimum atomic E-state index is -1.12. The van der Waals surface area contributed by atoms with Gasteiger partial charge in [-0.3, -0.25) is 4.79 Å². The molecule has 5 nitrogen and oxygen atoms in total. The highest BCUT2D eigenvalue weighted by Crippen LogP contribution is 2.11. The summed E-state index contributed by atoms with van der Waals surface area (Å²) in [7, 11) is 0. The van der Waals surface area contributed by atoms with Crippen LogP contribution in [0, 0.1) is 0 Å². The number of nitrogens with two attached hydrogens (primary N) is 1. The van der Waals surface area contributed by atoms with E-state index >= 15 is 0 Å². The van der Waals surface area contributed by atoms with E-state index in [2.05, 4.69) is 5.32 Å². The van der Waals surface area contributed by atoms with Gasteiger partial charge in [-0.15, -0.1) is 0 Å². The third-order valence-electron chi connectivity index (χ3n) is 3.86. The second-order valence-electron chi connectivity index (χ2n) is 6.37. The minimum absolute atomic E-state index is 0.170. The highest BCUT2D eigenvalue weighted by molar-refractivity contribution is 5.90. The van der Waals surface area contributed by atoms with E-state index in [4.69, 9.17) is 10.5 Å². The van der Waals surface area contributed by atoms with Gasteiger partial charge < -0.3 is 15.8 Å². The normalized spacial score (nSPS) is 14.2. The number of esters is 1. The molecule has 0 aliphatic heterocycles. The molecule has 0 aliphatic rings. The van der Waals surface area contributed by atoms with Gasteiger partial charge in [0, 0.05) is 0 Å². The standard InChI is InChI=1S/C20H24N2O3/c1-15(18(23)25-14-17-11-7-4-8-12-17)22-19(24)20(2,21)13-16-9-5-3-6-10-16/h3-12,15H,13-14,21H2,1-2H3,(H,22,24)/t15-,20+/m0/s1. The first kappa shape index (κ1) is 18.7. The van der Waals surface area contributed by atoms with Crippen LogP contribution in [0.15, 0.2) is 60.7 Å². The maximum absolute atomic E-state index is 12.4. The second kappa shape index (κ2) is 8.44. The van der Waals surface area contributed by atoms with E-state index in [0.29, 0.717) is 6.42 Å². The Labute approximate surface area is 148 Å². The molecule has 0 unspecified atom stereocenters. The molecule has 0 spiro atoms. The van der Waals surface area contributed by atoms with Crippen LogP contribution in [0.2, 0.25) is 0 Å². The molecule has 2 rings (SSSR count). The summed E-state index contributed by atoms with van der Waals surface area (Å²) in [5.41, 5.74) is 6.88. The van der Waals surface area contributed by atoms with Crippen LogP contribution < -0.4 is 11.1 Å². The lowest BCUT2D eigenvalue weighted by Gasteiger charge is -2.25. The maximum Gasteiger partial charge on any atom is 0.328 e. The number of carbonyl (C=O) groups excluding carboxylic acids is 2. The minimum Gasteiger partial charge on any atom is -0.459 e. The monoisotopic (exact) mass is 340 g/mol. The van der Waals surface area contributed by atoms with Crippen molar-refractivity contribution in [1.82, 2.24) is 5.32 Å². The fourth-order valence-electron chi connectivity index (χ4n) is 2.37. The zero-order valence-electron chi connectivity index (χ0n) is 14.6. The molecule has 2 aromatic carbocycles. The van der Waals surface area contributed by atoms with Gasteiger partial charge >= 0.3 is 5.97 Å². The molecular weight excluding hydrogens is 316 g/mol. The number of benzene rings is 2. The molecule has 0 aromatic heterocycles. The Balaban J connectivity index is 1.86. The van der Waals surface area contributed by atoms with Crippen molar-refractivity contribution in [3.8, 4) is 0 Å². The van der Waals surface area contributed by atoms with E-state index in [1.807, 2.05) is 60.7 Å². The molecular formula is C20H24N2O3. The van der Waals surface area contributed by atoms with Crippen molar-refractivity contribution in [2.45, 2.75) is 38.5 Å². The van der Waals surface area contributed by atoms with Crippen LogP contribution >= 0.6 is 0 Å². The Morgan fingerprint density at radius 3 is 2.12 bits per heavy atom. The molecule has 0 aliphatic carbocycles. The number of ether oxygens (including phenoxy) is 1. The Morgan fingerprint density at radius 2 is 1.56 bits per heavy atom. The first-order valence-electron chi connectivity index (χ1n) is 8.23. The van der Waals surface area contributed by atoms with Crippen molar-refractivity contribution in [2.75, 3.05) is 0 Å². The summed E-state index contributed by atoms with van der Waals surface area (Å²) >= 11 is 0. The van der Waals surface area contributed by atoms with Gasteiger partial charge in [0.2, 0.25) is 5.91 Å². The highest BCUT2D eigenvalue weighted by atomic mass is 16.5. The lowest BCUT2D eigenvalue weighted by Crippen LogP contribution is -2.56. The largest absolute Gasteiger partial charge is 0.459 e. The molecule has 0 radical (unpaired) electrons. The van der Waals surface area contributed by atoms with E-state index in [1.54, 1.807) is 13.8 Å². The molecule has 25 heavy (non-hydrogen) atoms. The predicted molar refractivity (Wildman–Crippen MR) is 96.6 cm³/mol. The van der Waals surface area contributed by atoms with Crippen LogP contribution in [0.5, 0.6) is 0 Å². The van der Waals surface area contributed by atoms with Crippen molar-refractivity contribution >= 4 is 11.9 Å². The molecule has 2 aromatic rings. The first-order chi connectivity index (χ1) is 11.9. The van der Waals surface area contributed by atoms with Crippen LogP contribution in [-0.4, -0.2) is 23.5 Å². The van der Waals surface area contributed by atoms with Crippen molar-refractivity contribution in [1.29, 1.82) is 0 Å². The number of hydrogen-bond donors (Lipinski definition) is 2. The molecule has 2 atom stereocenters. The predicted octanol–water partition coefficient (Wildman–Crippen LogP) is 2.19. The van der Waals surface area contributed by atoms with Gasteiger partial charge in [0.05, 0.1) is 5.54 Å². The van der Waals surface area contributed by atoms with Crippen LogP contribution in [-0.2, 0) is 27.4 Å². The van der Waals surface area contributed by atoms with Gasteiger partial charge in [0.1, 0.15) is 12.6 Å². The van der Waals surface area contributed by atoms with Crippen molar-refractivity contribution in [3.63, 3.8) is 0 Å². The zero-order chi connectivity index (χ0) is 18.3. The van der Waals surface area contributed by atoms with Gasteiger partial charge in [-0.25, -0.2) is 4.79 Å². The summed E-state index contributed by atoms with van der Waals surface area (Å²) in [6.45, 7) is 3.41. The van der Waals surface area contributed by atoms with E-state index < -0.39 is 17.6 Å². The van der Waals surface area contributed by atoms with Crippen LogP contribution in [0.4, 0.5) is 0 Å². The number of carbonyl (C=O) groups is 2. The summed E-state index contributed by atoms with van der Waals surface area (Å²) in [5, 5.41) is 2.64. The van der Waals surface area contributed by atoms with Crippen molar-refractivity contribution in [2.24, 2.45) is 5.73 Å². The Kier molecular flexibility index (Phi) is 6.31. The summed E-state index contributed by atoms with van der Waals surface area (Å²) < 4.78 is 5.23. The Bertz CT molecular complexity index is 699. The molecule has 3 N–H and O–H groups in total. The summed E-state index contributed by atoms with van der Waals surface area (Å²) in [5.74, 6) is -0.881. The zero-order valence-corrected chi connectivity index (χ0v) is 14.6. The second-order valence-corrected chi connectivity index (χ2v) is 6.37. The lowest BCUT2D eigenvalue weighted by atomic mass is 9.93. The van der Waals surface area contributed by atoms with Gasteiger partial charge in [0.15, 0.2) is 0 Å². The quantitative estimate of drug-likeness (QED) is 0.757. The lowest BCUT2D eigenvalue weighted by molar-refractivity contribution is -0.149. The third kappa shape index (κ3) is 5.72. The average Bonchev–Trinajstić information content (AvgIpc) is 2.61. The van der Waals surface area contributed by atoms with Crippen LogP contribution in [0.25, 0.3) is 0 Å². The number of rotatable bonds is 7. The number of hydrogen-bond acceptors (Lipinski definition) is 4. The van der Waals surface area contributed by atoms with Crippen molar-refractivity contribution < 1.29 is 14.3 Å². The number of nitrogens with one attached hydrogen (secondary N) is 1. The highest BCUT2D eigenvalue weighted by Gasteiger charge is 2.31. The van der Waals surface area contributed by atoms with Gasteiger partial charge in [0.25, 0.3) is 0 Å². The van der Waals surface area contributed by atoms with Crippen LogP contribution in [0.3, 0.4) is 0 Å². The first-order valence-corrected chi connectivity index (χ1v) is 8.23. The fraction of sp³-hybridized carbons (Fsp3) is 0.300. The molecule has 0 saturated heterocycles. The molecule has 0 saturated carbocycles. The molecule has 0 fully saturated rings. The Morgan fingerprint density at radius 1 is 1.04 bits per heavy atom. The van der Waals surface area contributed by atoms with Crippen molar-refractivity contribution in [3.05, 3.63) is 71.8 Å².